The number of aromatic nitrogens is 2. The quantitative estimate of drug-likeness (QED) is 0.678. The molecule has 4 heteroatoms. The lowest BCUT2D eigenvalue weighted by molar-refractivity contribution is 0.886. The van der Waals surface area contributed by atoms with Gasteiger partial charge in [-0.25, -0.2) is 9.97 Å². The first-order chi connectivity index (χ1) is 6.40. The smallest absolute Gasteiger partial charge is 0.225 e. The lowest BCUT2D eigenvalue weighted by Gasteiger charge is -2.14. The minimum atomic E-state index is 0.462. The summed E-state index contributed by atoms with van der Waals surface area (Å²) in [6.07, 6.45) is 4.27. The van der Waals surface area contributed by atoms with Crippen LogP contribution in [-0.4, -0.2) is 23.1 Å². The Balaban J connectivity index is 2.18. The van der Waals surface area contributed by atoms with Crippen LogP contribution in [0.1, 0.15) is 18.5 Å². The monoisotopic (exact) mass is 197 g/mol. The molecule has 1 aliphatic rings. The summed E-state index contributed by atoms with van der Waals surface area (Å²) in [5.74, 6) is 1.29. The Kier molecular flexibility index (Phi) is 2.64. The molecule has 0 spiro atoms. The van der Waals surface area contributed by atoms with Crippen molar-refractivity contribution in [1.29, 1.82) is 0 Å². The van der Waals surface area contributed by atoms with Crippen LogP contribution in [0.25, 0.3) is 0 Å². The van der Waals surface area contributed by atoms with E-state index in [0.29, 0.717) is 5.88 Å². The van der Waals surface area contributed by atoms with E-state index in [2.05, 4.69) is 14.9 Å². The van der Waals surface area contributed by atoms with Crippen molar-refractivity contribution in [2.45, 2.75) is 18.7 Å². The van der Waals surface area contributed by atoms with E-state index >= 15 is 0 Å². The molecule has 2 rings (SSSR count). The lowest BCUT2D eigenvalue weighted by atomic mass is 10.4. The van der Waals surface area contributed by atoms with Gasteiger partial charge >= 0.3 is 0 Å². The Hall–Kier alpha value is -0.830. The minimum Gasteiger partial charge on any atom is -0.341 e. The third kappa shape index (κ3) is 1.91. The number of hydrogen-bond acceptors (Lipinski definition) is 3. The summed E-state index contributed by atoms with van der Waals surface area (Å²) in [5.41, 5.74) is 0.901. The van der Waals surface area contributed by atoms with Crippen molar-refractivity contribution in [3.63, 3.8) is 0 Å². The Morgan fingerprint density at radius 2 is 2.15 bits per heavy atom. The first-order valence-electron chi connectivity index (χ1n) is 4.53. The lowest BCUT2D eigenvalue weighted by Crippen LogP contribution is -2.20. The average Bonchev–Trinajstić information content (AvgIpc) is 2.71. The van der Waals surface area contributed by atoms with Gasteiger partial charge in [0.2, 0.25) is 5.95 Å². The highest BCUT2D eigenvalue weighted by atomic mass is 35.5. The molecular formula is C9H12ClN3. The molecule has 0 amide bonds. The van der Waals surface area contributed by atoms with Crippen LogP contribution in [0.5, 0.6) is 0 Å². The van der Waals surface area contributed by atoms with Crippen molar-refractivity contribution in [3.8, 4) is 0 Å². The number of nitrogens with zero attached hydrogens (tertiary/aromatic N) is 3. The van der Waals surface area contributed by atoms with E-state index in [0.717, 1.165) is 24.7 Å². The molecule has 0 bridgehead atoms. The van der Waals surface area contributed by atoms with Gasteiger partial charge in [0, 0.05) is 19.3 Å². The van der Waals surface area contributed by atoms with Crippen molar-refractivity contribution >= 4 is 17.5 Å². The molecule has 1 fully saturated rings. The fourth-order valence-corrected chi connectivity index (χ4v) is 1.68. The minimum absolute atomic E-state index is 0.462. The Labute approximate surface area is 82.8 Å². The number of rotatable bonds is 2. The molecule has 0 radical (unpaired) electrons. The summed E-state index contributed by atoms with van der Waals surface area (Å²) in [4.78, 5) is 10.8. The molecule has 0 aromatic carbocycles. The van der Waals surface area contributed by atoms with Crippen LogP contribution in [-0.2, 0) is 5.88 Å². The van der Waals surface area contributed by atoms with Crippen molar-refractivity contribution in [2.24, 2.45) is 0 Å². The van der Waals surface area contributed by atoms with Crippen LogP contribution in [0.4, 0.5) is 5.95 Å². The second-order valence-corrected chi connectivity index (χ2v) is 3.44. The number of alkyl halides is 1. The van der Waals surface area contributed by atoms with Gasteiger partial charge in [0.05, 0.1) is 11.6 Å². The molecule has 0 saturated carbocycles. The van der Waals surface area contributed by atoms with Crippen LogP contribution >= 0.6 is 11.6 Å². The highest BCUT2D eigenvalue weighted by molar-refractivity contribution is 6.16. The van der Waals surface area contributed by atoms with Crippen LogP contribution in [0.3, 0.4) is 0 Å². The largest absolute Gasteiger partial charge is 0.341 e. The van der Waals surface area contributed by atoms with Crippen molar-refractivity contribution in [1.82, 2.24) is 9.97 Å². The van der Waals surface area contributed by atoms with Gasteiger partial charge in [0.25, 0.3) is 0 Å². The van der Waals surface area contributed by atoms with Gasteiger partial charge in [-0.2, -0.15) is 0 Å². The maximum atomic E-state index is 5.70. The predicted octanol–water partition coefficient (Wildman–Crippen LogP) is 1.82. The highest BCUT2D eigenvalue weighted by Gasteiger charge is 2.14. The van der Waals surface area contributed by atoms with Crippen molar-refractivity contribution in [2.75, 3.05) is 18.0 Å². The fourth-order valence-electron chi connectivity index (χ4n) is 1.53. The molecule has 1 saturated heterocycles. The second kappa shape index (κ2) is 3.92. The van der Waals surface area contributed by atoms with E-state index in [-0.39, 0.29) is 0 Å². The SMILES string of the molecule is ClCc1ccnc(N2CCCC2)n1. The third-order valence-electron chi connectivity index (χ3n) is 2.23. The van der Waals surface area contributed by atoms with Gasteiger partial charge in [-0.1, -0.05) is 0 Å². The molecule has 0 aliphatic carbocycles. The van der Waals surface area contributed by atoms with E-state index in [4.69, 9.17) is 11.6 Å². The number of hydrogen-bond donors (Lipinski definition) is 0. The molecule has 1 aliphatic heterocycles. The first kappa shape index (κ1) is 8.75. The van der Waals surface area contributed by atoms with Crippen molar-refractivity contribution in [3.05, 3.63) is 18.0 Å². The normalized spacial score (nSPS) is 16.5. The Bertz CT molecular complexity index is 284. The molecule has 2 heterocycles. The van der Waals surface area contributed by atoms with E-state index in [1.165, 1.54) is 12.8 Å². The summed E-state index contributed by atoms with van der Waals surface area (Å²) >= 11 is 5.70. The van der Waals surface area contributed by atoms with Crippen LogP contribution in [0.2, 0.25) is 0 Å². The molecule has 0 unspecified atom stereocenters. The van der Waals surface area contributed by atoms with E-state index in [1.807, 2.05) is 6.07 Å². The number of halogens is 1. The zero-order valence-electron chi connectivity index (χ0n) is 7.41. The summed E-state index contributed by atoms with van der Waals surface area (Å²) < 4.78 is 0. The molecule has 3 nitrogen and oxygen atoms in total. The van der Waals surface area contributed by atoms with Crippen LogP contribution in [0, 0.1) is 0 Å². The standard InChI is InChI=1S/C9H12ClN3/c10-7-8-3-4-11-9(12-8)13-5-1-2-6-13/h3-4H,1-2,5-7H2. The van der Waals surface area contributed by atoms with E-state index in [9.17, 15) is 0 Å². The zero-order chi connectivity index (χ0) is 9.10. The molecule has 0 atom stereocenters. The van der Waals surface area contributed by atoms with Gasteiger partial charge in [0.1, 0.15) is 0 Å². The average molecular weight is 198 g/mol. The summed E-state index contributed by atoms with van der Waals surface area (Å²) in [6, 6.07) is 1.85. The molecule has 1 aromatic heterocycles. The van der Waals surface area contributed by atoms with Gasteiger partial charge in [-0.3, -0.25) is 0 Å². The molecule has 13 heavy (non-hydrogen) atoms. The van der Waals surface area contributed by atoms with Crippen molar-refractivity contribution < 1.29 is 0 Å². The zero-order valence-corrected chi connectivity index (χ0v) is 8.17. The van der Waals surface area contributed by atoms with Gasteiger partial charge in [0.15, 0.2) is 0 Å². The predicted molar refractivity (Wildman–Crippen MR) is 53.0 cm³/mol. The summed E-state index contributed by atoms with van der Waals surface area (Å²) in [7, 11) is 0. The van der Waals surface area contributed by atoms with Crippen LogP contribution in [0.15, 0.2) is 12.3 Å². The van der Waals surface area contributed by atoms with Gasteiger partial charge in [-0.15, -0.1) is 11.6 Å². The van der Waals surface area contributed by atoms with E-state index < -0.39 is 0 Å². The maximum Gasteiger partial charge on any atom is 0.225 e. The highest BCUT2D eigenvalue weighted by Crippen LogP contribution is 2.15. The molecule has 1 aromatic rings. The summed E-state index contributed by atoms with van der Waals surface area (Å²) in [6.45, 7) is 2.15. The molecule has 70 valence electrons. The van der Waals surface area contributed by atoms with Crippen LogP contribution < -0.4 is 4.90 Å². The topological polar surface area (TPSA) is 29.0 Å². The Morgan fingerprint density at radius 1 is 1.38 bits per heavy atom. The first-order valence-corrected chi connectivity index (χ1v) is 5.06. The third-order valence-corrected chi connectivity index (χ3v) is 2.50. The second-order valence-electron chi connectivity index (χ2n) is 3.18. The summed E-state index contributed by atoms with van der Waals surface area (Å²) in [5, 5.41) is 0. The van der Waals surface area contributed by atoms with E-state index in [1.54, 1.807) is 6.20 Å². The number of anilines is 1. The van der Waals surface area contributed by atoms with Gasteiger partial charge in [-0.05, 0) is 18.9 Å². The Morgan fingerprint density at radius 3 is 2.85 bits per heavy atom. The maximum absolute atomic E-state index is 5.70. The van der Waals surface area contributed by atoms with Gasteiger partial charge < -0.3 is 4.90 Å². The fraction of sp³-hybridized carbons (Fsp3) is 0.556. The molecule has 0 N–H and O–H groups in total. The molecular weight excluding hydrogens is 186 g/mol.